The Balaban J connectivity index is 2.37. The van der Waals surface area contributed by atoms with Crippen molar-refractivity contribution in [3.8, 4) is 11.6 Å². The van der Waals surface area contributed by atoms with E-state index in [4.69, 9.17) is 22.7 Å². The summed E-state index contributed by atoms with van der Waals surface area (Å²) in [5.41, 5.74) is 6.01. The molecular weight excluding hydrogens is 321 g/mol. The van der Waals surface area contributed by atoms with Crippen LogP contribution in [0.2, 0.25) is 0 Å². The van der Waals surface area contributed by atoms with Crippen LogP contribution in [0.25, 0.3) is 0 Å². The summed E-state index contributed by atoms with van der Waals surface area (Å²) in [6.07, 6.45) is 1.46. The van der Waals surface area contributed by atoms with Gasteiger partial charge in [-0.25, -0.2) is 4.39 Å². The lowest BCUT2D eigenvalue weighted by Gasteiger charge is -2.09. The lowest BCUT2D eigenvalue weighted by atomic mass is 10.3. The van der Waals surface area contributed by atoms with Gasteiger partial charge in [-0.2, -0.15) is 5.10 Å². The van der Waals surface area contributed by atoms with E-state index in [1.165, 1.54) is 24.4 Å². The van der Waals surface area contributed by atoms with Crippen molar-refractivity contribution in [3.05, 3.63) is 46.3 Å². The van der Waals surface area contributed by atoms with Crippen molar-refractivity contribution >= 4 is 33.1 Å². The van der Waals surface area contributed by atoms with Crippen molar-refractivity contribution in [2.75, 3.05) is 0 Å². The molecule has 2 aromatic rings. The van der Waals surface area contributed by atoms with E-state index >= 15 is 0 Å². The average molecular weight is 328 g/mol. The van der Waals surface area contributed by atoms with Crippen LogP contribution >= 0.6 is 28.1 Å². The van der Waals surface area contributed by atoms with Crippen molar-refractivity contribution in [1.29, 1.82) is 0 Å². The van der Waals surface area contributed by atoms with Crippen LogP contribution < -0.4 is 10.5 Å². The molecule has 0 aliphatic carbocycles. The third-order valence-electron chi connectivity index (χ3n) is 2.05. The molecule has 4 nitrogen and oxygen atoms in total. The number of aromatic nitrogens is 2. The van der Waals surface area contributed by atoms with E-state index in [2.05, 4.69) is 26.1 Å². The molecule has 1 aromatic heterocycles. The highest BCUT2D eigenvalue weighted by Crippen LogP contribution is 2.30. The lowest BCUT2D eigenvalue weighted by Crippen LogP contribution is -2.12. The second-order valence-corrected chi connectivity index (χ2v) is 4.59. The first-order valence-corrected chi connectivity index (χ1v) is 6.02. The van der Waals surface area contributed by atoms with E-state index in [1.807, 2.05) is 0 Å². The van der Waals surface area contributed by atoms with Crippen LogP contribution in [0.4, 0.5) is 4.39 Å². The van der Waals surface area contributed by atoms with Crippen molar-refractivity contribution in [3.63, 3.8) is 0 Å². The maximum atomic E-state index is 12.9. The number of nitrogens with two attached hydrogens (primary N) is 1. The Hall–Kier alpha value is -1.60. The zero-order valence-electron chi connectivity index (χ0n) is 8.93. The Labute approximate surface area is 116 Å². The van der Waals surface area contributed by atoms with Gasteiger partial charge in [0, 0.05) is 0 Å². The molecule has 0 unspecified atom stereocenters. The van der Waals surface area contributed by atoms with Gasteiger partial charge in [0.15, 0.2) is 0 Å². The van der Waals surface area contributed by atoms with Crippen molar-refractivity contribution in [1.82, 2.24) is 10.2 Å². The number of hydrogen-bond donors (Lipinski definition) is 1. The molecule has 0 spiro atoms. The molecule has 0 aliphatic heterocycles. The normalized spacial score (nSPS) is 10.1. The van der Waals surface area contributed by atoms with E-state index < -0.39 is 0 Å². The fourth-order valence-electron chi connectivity index (χ4n) is 1.24. The third-order valence-corrected chi connectivity index (χ3v) is 2.89. The largest absolute Gasteiger partial charge is 0.436 e. The first-order valence-electron chi connectivity index (χ1n) is 4.82. The molecule has 0 aliphatic rings. The van der Waals surface area contributed by atoms with Gasteiger partial charge in [0.25, 0.3) is 0 Å². The summed E-state index contributed by atoms with van der Waals surface area (Å²) in [6, 6.07) is 5.63. The second-order valence-electron chi connectivity index (χ2n) is 3.29. The standard InChI is InChI=1S/C11H7BrFN3OS/c12-8-5-6(13)1-2-9(8)17-11-7(10(14)18)3-4-15-16-11/h1-5H,(H2,14,18). The number of halogens is 2. The number of nitrogens with zero attached hydrogens (tertiary/aromatic N) is 2. The highest BCUT2D eigenvalue weighted by Gasteiger charge is 2.11. The van der Waals surface area contributed by atoms with Crippen LogP contribution in [0.15, 0.2) is 34.9 Å². The number of hydrogen-bond acceptors (Lipinski definition) is 4. The minimum Gasteiger partial charge on any atom is -0.436 e. The molecule has 0 saturated carbocycles. The van der Waals surface area contributed by atoms with Crippen molar-refractivity contribution in [2.45, 2.75) is 0 Å². The van der Waals surface area contributed by atoms with Gasteiger partial charge in [-0.15, -0.1) is 5.10 Å². The molecule has 0 bridgehead atoms. The van der Waals surface area contributed by atoms with Gasteiger partial charge in [-0.05, 0) is 40.2 Å². The van der Waals surface area contributed by atoms with E-state index in [-0.39, 0.29) is 16.7 Å². The molecule has 2 N–H and O–H groups in total. The summed E-state index contributed by atoms with van der Waals surface area (Å²) in [5.74, 6) is 0.203. The fraction of sp³-hybridized carbons (Fsp3) is 0. The van der Waals surface area contributed by atoms with Gasteiger partial charge >= 0.3 is 0 Å². The fourth-order valence-corrected chi connectivity index (χ4v) is 1.83. The number of thiocarbonyl (C=S) groups is 1. The maximum absolute atomic E-state index is 12.9. The van der Waals surface area contributed by atoms with Crippen LogP contribution in [0.5, 0.6) is 11.6 Å². The highest BCUT2D eigenvalue weighted by molar-refractivity contribution is 9.10. The van der Waals surface area contributed by atoms with Gasteiger partial charge in [-0.1, -0.05) is 12.2 Å². The summed E-state index contributed by atoms with van der Waals surface area (Å²) in [7, 11) is 0. The predicted octanol–water partition coefficient (Wildman–Crippen LogP) is 2.80. The van der Waals surface area contributed by atoms with Gasteiger partial charge in [0.2, 0.25) is 5.88 Å². The minimum atomic E-state index is -0.372. The Morgan fingerprint density at radius 2 is 2.17 bits per heavy atom. The zero-order valence-corrected chi connectivity index (χ0v) is 11.3. The zero-order chi connectivity index (χ0) is 13.1. The molecule has 0 radical (unpaired) electrons. The SMILES string of the molecule is NC(=S)c1ccnnc1Oc1ccc(F)cc1Br. The molecule has 0 fully saturated rings. The van der Waals surface area contributed by atoms with Crippen molar-refractivity contribution < 1.29 is 9.13 Å². The quantitative estimate of drug-likeness (QED) is 0.878. The molecule has 92 valence electrons. The summed E-state index contributed by atoms with van der Waals surface area (Å²) < 4.78 is 18.9. The van der Waals surface area contributed by atoms with Crippen LogP contribution in [0, 0.1) is 5.82 Å². The van der Waals surface area contributed by atoms with Gasteiger partial charge in [0.1, 0.15) is 16.6 Å². The van der Waals surface area contributed by atoms with Crippen molar-refractivity contribution in [2.24, 2.45) is 5.73 Å². The Bertz CT molecular complexity index is 609. The summed E-state index contributed by atoms with van der Waals surface area (Å²) >= 11 is 8.07. The number of ether oxygens (including phenoxy) is 1. The average Bonchev–Trinajstić information content (AvgIpc) is 2.33. The smallest absolute Gasteiger partial charge is 0.249 e. The topological polar surface area (TPSA) is 61.0 Å². The first kappa shape index (κ1) is 12.8. The molecule has 1 aromatic carbocycles. The molecule has 7 heteroatoms. The maximum Gasteiger partial charge on any atom is 0.249 e. The van der Waals surface area contributed by atoms with E-state index in [0.717, 1.165) is 0 Å². The van der Waals surface area contributed by atoms with Crippen LogP contribution in [-0.4, -0.2) is 15.2 Å². The Kier molecular flexibility index (Phi) is 3.83. The Morgan fingerprint density at radius 1 is 1.39 bits per heavy atom. The lowest BCUT2D eigenvalue weighted by molar-refractivity contribution is 0.450. The van der Waals surface area contributed by atoms with Gasteiger partial charge in [0.05, 0.1) is 16.2 Å². The molecule has 2 rings (SSSR count). The number of rotatable bonds is 3. The third kappa shape index (κ3) is 2.80. The van der Waals surface area contributed by atoms with Gasteiger partial charge in [-0.3, -0.25) is 0 Å². The monoisotopic (exact) mass is 327 g/mol. The van der Waals surface area contributed by atoms with Gasteiger partial charge < -0.3 is 10.5 Å². The van der Waals surface area contributed by atoms with E-state index in [0.29, 0.717) is 15.8 Å². The Morgan fingerprint density at radius 3 is 2.83 bits per heavy atom. The number of benzene rings is 1. The molecule has 0 amide bonds. The predicted molar refractivity (Wildman–Crippen MR) is 72.1 cm³/mol. The molecular formula is C11H7BrFN3OS. The van der Waals surface area contributed by atoms with Crippen LogP contribution in [0.3, 0.4) is 0 Å². The van der Waals surface area contributed by atoms with E-state index in [1.54, 1.807) is 6.07 Å². The van der Waals surface area contributed by atoms with Crippen LogP contribution in [0.1, 0.15) is 5.56 Å². The minimum absolute atomic E-state index is 0.151. The summed E-state index contributed by atoms with van der Waals surface area (Å²) in [6.45, 7) is 0. The molecule has 0 saturated heterocycles. The molecule has 18 heavy (non-hydrogen) atoms. The van der Waals surface area contributed by atoms with E-state index in [9.17, 15) is 4.39 Å². The van der Waals surface area contributed by atoms with Crippen LogP contribution in [-0.2, 0) is 0 Å². The summed E-state index contributed by atoms with van der Waals surface area (Å²) in [5, 5.41) is 7.50. The summed E-state index contributed by atoms with van der Waals surface area (Å²) in [4.78, 5) is 0.151. The first-order chi connectivity index (χ1) is 8.58. The molecule has 0 atom stereocenters. The highest BCUT2D eigenvalue weighted by atomic mass is 79.9. The molecule has 1 heterocycles. The second kappa shape index (κ2) is 5.36.